The number of rotatable bonds is 6. The van der Waals surface area contributed by atoms with Gasteiger partial charge >= 0.3 is 5.97 Å². The molecule has 1 N–H and O–H groups in total. The Hall–Kier alpha value is -2.15. The highest BCUT2D eigenvalue weighted by Crippen LogP contribution is 2.29. The highest BCUT2D eigenvalue weighted by atomic mass is 16.5. The lowest BCUT2D eigenvalue weighted by Gasteiger charge is -2.24. The molecule has 4 heteroatoms. The van der Waals surface area contributed by atoms with Gasteiger partial charge in [0.05, 0.1) is 25.8 Å². The summed E-state index contributed by atoms with van der Waals surface area (Å²) in [4.78, 5) is 12.5. The average molecular weight is 247 g/mol. The maximum atomic E-state index is 10.7. The van der Waals surface area contributed by atoms with Gasteiger partial charge in [0.15, 0.2) is 0 Å². The normalized spacial score (nSPS) is 9.61. The maximum Gasteiger partial charge on any atom is 0.305 e. The van der Waals surface area contributed by atoms with E-state index in [1.165, 1.54) is 0 Å². The third-order valence-corrected chi connectivity index (χ3v) is 2.55. The minimum atomic E-state index is -0.844. The van der Waals surface area contributed by atoms with Crippen LogP contribution in [-0.4, -0.2) is 31.3 Å². The predicted octanol–water partition coefficient (Wildman–Crippen LogP) is 1.92. The van der Waals surface area contributed by atoms with Crippen molar-refractivity contribution in [3.8, 4) is 18.1 Å². The number of aryl methyl sites for hydroxylation is 1. The molecule has 96 valence electrons. The highest BCUT2D eigenvalue weighted by Gasteiger charge is 2.12. The summed E-state index contributed by atoms with van der Waals surface area (Å²) in [5.41, 5.74) is 1.90. The second kappa shape index (κ2) is 6.55. The zero-order valence-corrected chi connectivity index (χ0v) is 10.6. The molecular weight excluding hydrogens is 230 g/mol. The number of hydrogen-bond donors (Lipinski definition) is 1. The first-order chi connectivity index (χ1) is 8.58. The monoisotopic (exact) mass is 247 g/mol. The van der Waals surface area contributed by atoms with E-state index in [0.29, 0.717) is 18.8 Å². The fraction of sp³-hybridized carbons (Fsp3) is 0.357. The Labute approximate surface area is 107 Å². The molecule has 0 aliphatic carbocycles. The molecule has 0 amide bonds. The molecule has 4 nitrogen and oxygen atoms in total. The van der Waals surface area contributed by atoms with Crippen molar-refractivity contribution in [1.82, 2.24) is 0 Å². The Morgan fingerprint density at radius 2 is 2.28 bits per heavy atom. The molecule has 0 aliphatic rings. The van der Waals surface area contributed by atoms with Gasteiger partial charge in [-0.2, -0.15) is 0 Å². The van der Waals surface area contributed by atoms with E-state index in [1.807, 2.05) is 30.0 Å². The van der Waals surface area contributed by atoms with E-state index in [1.54, 1.807) is 7.11 Å². The Morgan fingerprint density at radius 1 is 1.56 bits per heavy atom. The van der Waals surface area contributed by atoms with Gasteiger partial charge in [0.2, 0.25) is 0 Å². The van der Waals surface area contributed by atoms with E-state index >= 15 is 0 Å². The first-order valence-electron chi connectivity index (χ1n) is 5.63. The summed E-state index contributed by atoms with van der Waals surface area (Å²) in [6.45, 7) is 2.68. The van der Waals surface area contributed by atoms with Gasteiger partial charge < -0.3 is 14.7 Å². The first kappa shape index (κ1) is 13.9. The van der Waals surface area contributed by atoms with Crippen LogP contribution in [0.1, 0.15) is 12.0 Å². The summed E-state index contributed by atoms with van der Waals surface area (Å²) >= 11 is 0. The molecule has 1 rings (SSSR count). The van der Waals surface area contributed by atoms with Gasteiger partial charge in [-0.1, -0.05) is 12.0 Å². The van der Waals surface area contributed by atoms with Crippen molar-refractivity contribution in [3.63, 3.8) is 0 Å². The van der Waals surface area contributed by atoms with Crippen LogP contribution in [0.3, 0.4) is 0 Å². The van der Waals surface area contributed by atoms with Crippen molar-refractivity contribution in [2.45, 2.75) is 13.3 Å². The van der Waals surface area contributed by atoms with Crippen LogP contribution in [0.2, 0.25) is 0 Å². The third kappa shape index (κ3) is 3.70. The molecule has 0 fully saturated rings. The second-order valence-electron chi connectivity index (χ2n) is 3.94. The number of carboxylic acids is 1. The Balaban J connectivity index is 3.00. The minimum absolute atomic E-state index is 0.0405. The van der Waals surface area contributed by atoms with Crippen LogP contribution >= 0.6 is 0 Å². The smallest absolute Gasteiger partial charge is 0.305 e. The lowest BCUT2D eigenvalue weighted by Crippen LogP contribution is -2.27. The summed E-state index contributed by atoms with van der Waals surface area (Å²) in [6, 6.07) is 5.74. The first-order valence-corrected chi connectivity index (χ1v) is 5.63. The molecule has 0 unspecified atom stereocenters. The second-order valence-corrected chi connectivity index (χ2v) is 3.94. The molecular formula is C14H17NO3. The van der Waals surface area contributed by atoms with E-state index < -0.39 is 5.97 Å². The van der Waals surface area contributed by atoms with Crippen LogP contribution in [0.25, 0.3) is 0 Å². The van der Waals surface area contributed by atoms with Crippen LogP contribution in [0.4, 0.5) is 5.69 Å². The molecule has 0 heterocycles. The minimum Gasteiger partial charge on any atom is -0.495 e. The van der Waals surface area contributed by atoms with Crippen LogP contribution in [-0.2, 0) is 4.79 Å². The van der Waals surface area contributed by atoms with E-state index in [9.17, 15) is 4.79 Å². The van der Waals surface area contributed by atoms with Crippen molar-refractivity contribution in [1.29, 1.82) is 0 Å². The summed E-state index contributed by atoms with van der Waals surface area (Å²) in [5, 5.41) is 8.75. The van der Waals surface area contributed by atoms with Crippen molar-refractivity contribution in [2.24, 2.45) is 0 Å². The maximum absolute atomic E-state index is 10.7. The van der Waals surface area contributed by atoms with Gasteiger partial charge in [0, 0.05) is 6.54 Å². The molecule has 0 saturated carbocycles. The van der Waals surface area contributed by atoms with Crippen molar-refractivity contribution < 1.29 is 14.6 Å². The summed E-state index contributed by atoms with van der Waals surface area (Å²) < 4.78 is 5.28. The number of ether oxygens (including phenoxy) is 1. The van der Waals surface area contributed by atoms with Gasteiger partial charge in [0.1, 0.15) is 5.75 Å². The summed E-state index contributed by atoms with van der Waals surface area (Å²) in [5.74, 6) is 2.39. The van der Waals surface area contributed by atoms with E-state index in [-0.39, 0.29) is 6.42 Å². The molecule has 0 saturated heterocycles. The molecule has 18 heavy (non-hydrogen) atoms. The summed E-state index contributed by atoms with van der Waals surface area (Å²) in [6.07, 6.45) is 5.36. The average Bonchev–Trinajstić information content (AvgIpc) is 2.34. The third-order valence-electron chi connectivity index (χ3n) is 2.55. The predicted molar refractivity (Wildman–Crippen MR) is 71.0 cm³/mol. The number of nitrogens with zero attached hydrogens (tertiary/aromatic N) is 1. The van der Waals surface area contributed by atoms with Crippen LogP contribution in [0.15, 0.2) is 18.2 Å². The number of terminal acetylenes is 1. The van der Waals surface area contributed by atoms with Gasteiger partial charge in [-0.25, -0.2) is 0 Å². The molecule has 1 aromatic carbocycles. The van der Waals surface area contributed by atoms with Crippen molar-refractivity contribution >= 4 is 11.7 Å². The van der Waals surface area contributed by atoms with E-state index in [4.69, 9.17) is 16.3 Å². The number of carboxylic acid groups (broad SMARTS) is 1. The molecule has 0 atom stereocenters. The fourth-order valence-corrected chi connectivity index (χ4v) is 1.67. The molecule has 0 spiro atoms. The topological polar surface area (TPSA) is 49.8 Å². The molecule has 0 aliphatic heterocycles. The molecule has 1 aromatic rings. The standard InChI is InChI=1S/C14H17NO3/c1-4-8-15(9-7-14(16)17)12-10-11(2)5-6-13(12)18-3/h1,5-6,10H,7-9H2,2-3H3,(H,16,17). The number of aliphatic carboxylic acids is 1. The quantitative estimate of drug-likeness (QED) is 0.780. The highest BCUT2D eigenvalue weighted by molar-refractivity contribution is 5.68. The number of anilines is 1. The number of benzene rings is 1. The lowest BCUT2D eigenvalue weighted by atomic mass is 10.2. The van der Waals surface area contributed by atoms with Gasteiger partial charge in [0.25, 0.3) is 0 Å². The fourth-order valence-electron chi connectivity index (χ4n) is 1.67. The van der Waals surface area contributed by atoms with Crippen LogP contribution in [0, 0.1) is 19.3 Å². The van der Waals surface area contributed by atoms with Gasteiger partial charge in [-0.05, 0) is 24.6 Å². The molecule has 0 radical (unpaired) electrons. The zero-order valence-electron chi connectivity index (χ0n) is 10.6. The van der Waals surface area contributed by atoms with E-state index in [0.717, 1.165) is 11.3 Å². The van der Waals surface area contributed by atoms with Crippen LogP contribution in [0.5, 0.6) is 5.75 Å². The number of carbonyl (C=O) groups is 1. The van der Waals surface area contributed by atoms with Crippen molar-refractivity contribution in [2.75, 3.05) is 25.1 Å². The van der Waals surface area contributed by atoms with E-state index in [2.05, 4.69) is 5.92 Å². The van der Waals surface area contributed by atoms with Crippen LogP contribution < -0.4 is 9.64 Å². The number of methoxy groups -OCH3 is 1. The molecule has 0 aromatic heterocycles. The Bertz CT molecular complexity index is 463. The largest absolute Gasteiger partial charge is 0.495 e. The SMILES string of the molecule is C#CCN(CCC(=O)O)c1cc(C)ccc1OC. The Morgan fingerprint density at radius 3 is 2.83 bits per heavy atom. The zero-order chi connectivity index (χ0) is 13.5. The molecule has 0 bridgehead atoms. The lowest BCUT2D eigenvalue weighted by molar-refractivity contribution is -0.136. The Kier molecular flexibility index (Phi) is 5.06. The summed E-state index contributed by atoms with van der Waals surface area (Å²) in [7, 11) is 1.58. The van der Waals surface area contributed by atoms with Crippen molar-refractivity contribution in [3.05, 3.63) is 23.8 Å². The van der Waals surface area contributed by atoms with Gasteiger partial charge in [-0.15, -0.1) is 6.42 Å². The van der Waals surface area contributed by atoms with Gasteiger partial charge in [-0.3, -0.25) is 4.79 Å². The number of hydrogen-bond acceptors (Lipinski definition) is 3.